The summed E-state index contributed by atoms with van der Waals surface area (Å²) < 4.78 is 0. The monoisotopic (exact) mass is 888 g/mol. The van der Waals surface area contributed by atoms with Crippen LogP contribution in [0.5, 0.6) is 0 Å². The van der Waals surface area contributed by atoms with Crippen LogP contribution in [-0.2, 0) is 0 Å². The summed E-state index contributed by atoms with van der Waals surface area (Å²) in [6.07, 6.45) is 0. The fourth-order valence-corrected chi connectivity index (χ4v) is 10.2. The van der Waals surface area contributed by atoms with E-state index in [1.165, 1.54) is 49.4 Å². The van der Waals surface area contributed by atoms with Gasteiger partial charge in [-0.25, -0.2) is 19.8 Å². The number of fused-ring (bicyclic) bond motifs is 4. The van der Waals surface area contributed by atoms with Crippen molar-refractivity contribution in [2.24, 2.45) is 0 Å². The highest BCUT2D eigenvalue weighted by Gasteiger charge is 2.22. The van der Waals surface area contributed by atoms with Crippen molar-refractivity contribution in [3.05, 3.63) is 254 Å². The molecule has 12 aromatic rings. The molecule has 13 rings (SSSR count). The van der Waals surface area contributed by atoms with Gasteiger partial charge in [0.2, 0.25) is 5.69 Å². The zero-order valence-electron chi connectivity index (χ0n) is 37.9. The summed E-state index contributed by atoms with van der Waals surface area (Å²) in [5.41, 5.74) is 18.8. The summed E-state index contributed by atoms with van der Waals surface area (Å²) >= 11 is 0. The maximum absolute atomic E-state index is 8.46. The number of rotatable bonds is 8. The summed E-state index contributed by atoms with van der Waals surface area (Å²) in [5, 5.41) is 5.02. The molecule has 0 atom stereocenters. The molecule has 0 N–H and O–H groups in total. The molecule has 0 amide bonds. The molecule has 4 heteroatoms. The Bertz CT molecular complexity index is 4070. The van der Waals surface area contributed by atoms with E-state index in [1.54, 1.807) is 0 Å². The lowest BCUT2D eigenvalue weighted by atomic mass is 9.92. The first kappa shape index (κ1) is 40.7. The molecule has 0 unspecified atom stereocenters. The van der Waals surface area contributed by atoms with Gasteiger partial charge in [-0.2, -0.15) is 0 Å². The zero-order valence-corrected chi connectivity index (χ0v) is 37.9. The molecule has 1 aliphatic carbocycles. The molecular weight excluding hydrogens is 849 g/mol. The molecule has 0 radical (unpaired) electrons. The van der Waals surface area contributed by atoms with Crippen LogP contribution in [0, 0.1) is 6.57 Å². The van der Waals surface area contributed by atoms with Crippen LogP contribution >= 0.6 is 0 Å². The first-order valence-corrected chi connectivity index (χ1v) is 23.5. The summed E-state index contributed by atoms with van der Waals surface area (Å²) in [7, 11) is 0. The lowest BCUT2D eigenvalue weighted by Gasteiger charge is -2.13. The molecule has 0 aliphatic heterocycles. The number of para-hydroxylation sites is 1. The average Bonchev–Trinajstić information content (AvgIpc) is 3.76. The van der Waals surface area contributed by atoms with Crippen molar-refractivity contribution in [3.63, 3.8) is 0 Å². The van der Waals surface area contributed by atoms with Crippen molar-refractivity contribution < 1.29 is 0 Å². The summed E-state index contributed by atoms with van der Waals surface area (Å²) in [6, 6.07) is 85.1. The van der Waals surface area contributed by atoms with Gasteiger partial charge in [0, 0.05) is 16.7 Å². The van der Waals surface area contributed by atoms with E-state index in [9.17, 15) is 0 Å². The molecule has 0 fully saturated rings. The Kier molecular flexibility index (Phi) is 9.85. The SMILES string of the molecule is [C-]#[N+]c1c(-c2ccc(-c3ccc4c(c3)-c3cccc5cccc-4c35)cc2)cccc1-c1cccc(-c2cccc(-c3nc(-c4ccccc4)nc(-c4cccc(-c5ccc6ccccc6c5)c4)n3)c2)c1. The van der Waals surface area contributed by atoms with Crippen LogP contribution in [0.1, 0.15) is 0 Å². The molecule has 1 heterocycles. The van der Waals surface area contributed by atoms with Crippen LogP contribution in [0.4, 0.5) is 5.69 Å². The van der Waals surface area contributed by atoms with E-state index in [0.717, 1.165) is 66.8 Å². The molecule has 0 spiro atoms. The molecule has 324 valence electrons. The second-order valence-corrected chi connectivity index (χ2v) is 17.8. The van der Waals surface area contributed by atoms with Crippen LogP contribution in [0.15, 0.2) is 243 Å². The molecule has 4 nitrogen and oxygen atoms in total. The van der Waals surface area contributed by atoms with E-state index < -0.39 is 0 Å². The van der Waals surface area contributed by atoms with Crippen molar-refractivity contribution in [2.45, 2.75) is 0 Å². The fraction of sp³-hybridized carbons (Fsp3) is 0. The van der Waals surface area contributed by atoms with Gasteiger partial charge in [-0.05, 0) is 130 Å². The smallest absolute Gasteiger partial charge is 0.202 e. The van der Waals surface area contributed by atoms with Gasteiger partial charge in [-0.1, -0.05) is 212 Å². The molecule has 0 bridgehead atoms. The van der Waals surface area contributed by atoms with Gasteiger partial charge in [0.15, 0.2) is 17.5 Å². The quantitative estimate of drug-likeness (QED) is 0.143. The molecule has 70 heavy (non-hydrogen) atoms. The highest BCUT2D eigenvalue weighted by Crippen LogP contribution is 2.48. The third-order valence-corrected chi connectivity index (χ3v) is 13.7. The maximum Gasteiger partial charge on any atom is 0.202 e. The fourth-order valence-electron chi connectivity index (χ4n) is 10.2. The minimum atomic E-state index is 0.589. The molecular formula is C66H40N4. The van der Waals surface area contributed by atoms with Crippen molar-refractivity contribution in [3.8, 4) is 112 Å². The highest BCUT2D eigenvalue weighted by atomic mass is 15.0. The van der Waals surface area contributed by atoms with Crippen molar-refractivity contribution in [2.75, 3.05) is 0 Å². The van der Waals surface area contributed by atoms with Crippen molar-refractivity contribution in [1.82, 2.24) is 15.0 Å². The Morgan fingerprint density at radius 1 is 0.243 bits per heavy atom. The summed E-state index contributed by atoms with van der Waals surface area (Å²) in [6.45, 7) is 8.46. The molecule has 1 aromatic heterocycles. The Morgan fingerprint density at radius 3 is 1.34 bits per heavy atom. The number of nitrogens with zero attached hydrogens (tertiary/aromatic N) is 4. The van der Waals surface area contributed by atoms with Gasteiger partial charge in [0.25, 0.3) is 0 Å². The molecule has 0 saturated carbocycles. The number of benzene rings is 11. The maximum atomic E-state index is 8.46. The summed E-state index contributed by atoms with van der Waals surface area (Å²) in [4.78, 5) is 19.4. The van der Waals surface area contributed by atoms with Gasteiger partial charge >= 0.3 is 0 Å². The van der Waals surface area contributed by atoms with E-state index in [2.05, 4.69) is 217 Å². The van der Waals surface area contributed by atoms with Crippen LogP contribution in [-0.4, -0.2) is 15.0 Å². The number of hydrogen-bond donors (Lipinski definition) is 0. The van der Waals surface area contributed by atoms with E-state index in [4.69, 9.17) is 21.5 Å². The van der Waals surface area contributed by atoms with Gasteiger partial charge < -0.3 is 0 Å². The predicted molar refractivity (Wildman–Crippen MR) is 289 cm³/mol. The predicted octanol–water partition coefficient (Wildman–Crippen LogP) is 17.7. The van der Waals surface area contributed by atoms with Crippen molar-refractivity contribution >= 4 is 27.2 Å². The lowest BCUT2D eigenvalue weighted by molar-refractivity contribution is 1.07. The van der Waals surface area contributed by atoms with Crippen LogP contribution in [0.2, 0.25) is 0 Å². The van der Waals surface area contributed by atoms with Gasteiger partial charge in [-0.15, -0.1) is 0 Å². The molecule has 0 saturated heterocycles. The van der Waals surface area contributed by atoms with Gasteiger partial charge in [0.1, 0.15) is 0 Å². The Hall–Kier alpha value is -9.56. The lowest BCUT2D eigenvalue weighted by Crippen LogP contribution is -2.00. The zero-order chi connectivity index (χ0) is 46.5. The largest absolute Gasteiger partial charge is 0.237 e. The van der Waals surface area contributed by atoms with Crippen LogP contribution in [0.3, 0.4) is 0 Å². The van der Waals surface area contributed by atoms with Gasteiger partial charge in [-0.3, -0.25) is 0 Å². The van der Waals surface area contributed by atoms with Crippen LogP contribution < -0.4 is 0 Å². The Labute approximate surface area is 406 Å². The first-order valence-electron chi connectivity index (χ1n) is 23.5. The standard InChI is InChI=1S/C66H40N4/c1-67-63-56(44-32-29-43(30-33-44)52-35-36-58-59-27-10-17-45-18-11-28-60(62(45)59)61(58)41-52)25-12-26-57(63)53-22-7-19-48(38-53)49-20-8-23-54(39-49)65-68-64(46-14-3-2-4-15-46)69-66(70-65)55-24-9-21-50(40-55)51-34-31-42-13-5-6-16-47(42)37-51/h2-41H. The second kappa shape index (κ2) is 16.9. The van der Waals surface area contributed by atoms with Gasteiger partial charge in [0.05, 0.1) is 6.57 Å². The summed E-state index contributed by atoms with van der Waals surface area (Å²) in [5.74, 6) is 1.80. The average molecular weight is 889 g/mol. The van der Waals surface area contributed by atoms with Crippen LogP contribution in [0.25, 0.3) is 138 Å². The Morgan fingerprint density at radius 2 is 0.671 bits per heavy atom. The minimum absolute atomic E-state index is 0.589. The normalized spacial score (nSPS) is 11.4. The second-order valence-electron chi connectivity index (χ2n) is 17.8. The van der Waals surface area contributed by atoms with E-state index >= 15 is 0 Å². The van der Waals surface area contributed by atoms with E-state index in [1.807, 2.05) is 30.3 Å². The van der Waals surface area contributed by atoms with E-state index in [-0.39, 0.29) is 0 Å². The topological polar surface area (TPSA) is 43.0 Å². The Balaban J connectivity index is 0.818. The number of hydrogen-bond acceptors (Lipinski definition) is 3. The molecule has 11 aromatic carbocycles. The molecule has 1 aliphatic rings. The third kappa shape index (κ3) is 7.22. The van der Waals surface area contributed by atoms with Crippen molar-refractivity contribution in [1.29, 1.82) is 0 Å². The highest BCUT2D eigenvalue weighted by molar-refractivity contribution is 6.15. The minimum Gasteiger partial charge on any atom is -0.237 e. The van der Waals surface area contributed by atoms with E-state index in [0.29, 0.717) is 23.2 Å². The first-order chi connectivity index (χ1) is 34.6. The number of aromatic nitrogens is 3. The third-order valence-electron chi connectivity index (χ3n) is 13.7.